The van der Waals surface area contributed by atoms with Gasteiger partial charge in [-0.05, 0) is 6.92 Å². The summed E-state index contributed by atoms with van der Waals surface area (Å²) in [5, 5.41) is 6.77. The Hall–Kier alpha value is -1.43. The molecule has 6 nitrogen and oxygen atoms in total. The Kier molecular flexibility index (Phi) is 4.23. The lowest BCUT2D eigenvalue weighted by molar-refractivity contribution is -0.121. The van der Waals surface area contributed by atoms with Crippen molar-refractivity contribution in [3.63, 3.8) is 0 Å². The Bertz CT molecular complexity index is 324. The number of primary amides is 1. The third-order valence-electron chi connectivity index (χ3n) is 2.02. The number of aryl methyl sites for hydroxylation is 1. The highest BCUT2D eigenvalue weighted by Crippen LogP contribution is 1.96. The van der Waals surface area contributed by atoms with Crippen molar-refractivity contribution in [1.29, 1.82) is 0 Å². The molecule has 0 fully saturated rings. The van der Waals surface area contributed by atoms with Gasteiger partial charge in [-0.3, -0.25) is 4.79 Å². The SMILES string of the molecule is Cc1noc(CCNCC(C)C(N)=O)n1. The number of nitrogens with two attached hydrogens (primary N) is 1. The third kappa shape index (κ3) is 4.07. The molecule has 15 heavy (non-hydrogen) atoms. The van der Waals surface area contributed by atoms with Crippen LogP contribution in [0.3, 0.4) is 0 Å². The summed E-state index contributed by atoms with van der Waals surface area (Å²) in [4.78, 5) is 14.8. The van der Waals surface area contributed by atoms with Crippen molar-refractivity contribution in [1.82, 2.24) is 15.5 Å². The quantitative estimate of drug-likeness (QED) is 0.627. The highest BCUT2D eigenvalue weighted by Gasteiger charge is 2.07. The van der Waals surface area contributed by atoms with Crippen LogP contribution in [-0.4, -0.2) is 29.1 Å². The zero-order chi connectivity index (χ0) is 11.3. The van der Waals surface area contributed by atoms with Crippen LogP contribution in [0.15, 0.2) is 4.52 Å². The second-order valence-electron chi connectivity index (χ2n) is 3.49. The van der Waals surface area contributed by atoms with Gasteiger partial charge in [0.15, 0.2) is 5.82 Å². The smallest absolute Gasteiger partial charge is 0.227 e. The molecule has 0 aromatic carbocycles. The van der Waals surface area contributed by atoms with E-state index < -0.39 is 0 Å². The van der Waals surface area contributed by atoms with Gasteiger partial charge in [0.1, 0.15) is 0 Å². The Morgan fingerprint density at radius 3 is 2.93 bits per heavy atom. The van der Waals surface area contributed by atoms with E-state index in [1.54, 1.807) is 13.8 Å². The van der Waals surface area contributed by atoms with Gasteiger partial charge in [-0.1, -0.05) is 12.1 Å². The van der Waals surface area contributed by atoms with Crippen molar-refractivity contribution in [3.8, 4) is 0 Å². The maximum atomic E-state index is 10.7. The van der Waals surface area contributed by atoms with E-state index in [2.05, 4.69) is 15.5 Å². The molecule has 0 aliphatic rings. The maximum absolute atomic E-state index is 10.7. The minimum absolute atomic E-state index is 0.158. The molecule has 1 rings (SSSR count). The molecule has 1 atom stereocenters. The summed E-state index contributed by atoms with van der Waals surface area (Å²) in [5.41, 5.74) is 5.11. The maximum Gasteiger partial charge on any atom is 0.227 e. The van der Waals surface area contributed by atoms with E-state index in [0.29, 0.717) is 31.2 Å². The van der Waals surface area contributed by atoms with E-state index in [4.69, 9.17) is 10.3 Å². The summed E-state index contributed by atoms with van der Waals surface area (Å²) in [5.74, 6) is 0.785. The normalized spacial score (nSPS) is 12.7. The van der Waals surface area contributed by atoms with Crippen molar-refractivity contribution < 1.29 is 9.32 Å². The lowest BCUT2D eigenvalue weighted by Crippen LogP contribution is -2.31. The van der Waals surface area contributed by atoms with Crippen molar-refractivity contribution >= 4 is 5.91 Å². The first-order valence-corrected chi connectivity index (χ1v) is 4.89. The zero-order valence-corrected chi connectivity index (χ0v) is 8.99. The number of amides is 1. The lowest BCUT2D eigenvalue weighted by atomic mass is 10.2. The summed E-state index contributed by atoms with van der Waals surface area (Å²) in [6.45, 7) is 4.82. The molecule has 0 aliphatic heterocycles. The molecule has 0 aliphatic carbocycles. The highest BCUT2D eigenvalue weighted by atomic mass is 16.5. The van der Waals surface area contributed by atoms with Crippen molar-refractivity contribution in [2.75, 3.05) is 13.1 Å². The van der Waals surface area contributed by atoms with Crippen LogP contribution in [0.5, 0.6) is 0 Å². The minimum Gasteiger partial charge on any atom is -0.369 e. The molecule has 1 aromatic rings. The first kappa shape index (κ1) is 11.6. The first-order valence-electron chi connectivity index (χ1n) is 4.89. The van der Waals surface area contributed by atoms with E-state index in [1.807, 2.05) is 0 Å². The van der Waals surface area contributed by atoms with Gasteiger partial charge >= 0.3 is 0 Å². The molecule has 0 saturated carbocycles. The number of carbonyl (C=O) groups is 1. The Balaban J connectivity index is 2.14. The van der Waals surface area contributed by atoms with Crippen LogP contribution >= 0.6 is 0 Å². The summed E-state index contributed by atoms with van der Waals surface area (Å²) >= 11 is 0. The largest absolute Gasteiger partial charge is 0.369 e. The zero-order valence-electron chi connectivity index (χ0n) is 8.99. The predicted octanol–water partition coefficient (Wildman–Crippen LogP) is -0.368. The molecule has 0 spiro atoms. The monoisotopic (exact) mass is 212 g/mol. The topological polar surface area (TPSA) is 94.0 Å². The molecule has 1 unspecified atom stereocenters. The second-order valence-corrected chi connectivity index (χ2v) is 3.49. The van der Waals surface area contributed by atoms with E-state index >= 15 is 0 Å². The molecule has 1 heterocycles. The van der Waals surface area contributed by atoms with Gasteiger partial charge in [-0.25, -0.2) is 0 Å². The Morgan fingerprint density at radius 1 is 1.67 bits per heavy atom. The number of nitrogens with zero attached hydrogens (tertiary/aromatic N) is 2. The fourth-order valence-corrected chi connectivity index (χ4v) is 1.06. The van der Waals surface area contributed by atoms with E-state index in [9.17, 15) is 4.79 Å². The van der Waals surface area contributed by atoms with Crippen molar-refractivity contribution in [3.05, 3.63) is 11.7 Å². The van der Waals surface area contributed by atoms with Gasteiger partial charge in [0.2, 0.25) is 11.8 Å². The Morgan fingerprint density at radius 2 is 2.40 bits per heavy atom. The van der Waals surface area contributed by atoms with Crippen LogP contribution in [0.1, 0.15) is 18.6 Å². The number of nitrogens with one attached hydrogen (secondary N) is 1. The van der Waals surface area contributed by atoms with Crippen molar-refractivity contribution in [2.24, 2.45) is 11.7 Å². The van der Waals surface area contributed by atoms with Crippen molar-refractivity contribution in [2.45, 2.75) is 20.3 Å². The van der Waals surface area contributed by atoms with Crippen LogP contribution in [0, 0.1) is 12.8 Å². The van der Waals surface area contributed by atoms with Gasteiger partial charge in [0.05, 0.1) is 0 Å². The van der Waals surface area contributed by atoms with Gasteiger partial charge in [-0.2, -0.15) is 4.98 Å². The number of rotatable bonds is 6. The van der Waals surface area contributed by atoms with Crippen LogP contribution in [0.4, 0.5) is 0 Å². The van der Waals surface area contributed by atoms with Crippen LogP contribution in [0.25, 0.3) is 0 Å². The van der Waals surface area contributed by atoms with E-state index in [0.717, 1.165) is 0 Å². The Labute approximate surface area is 88.2 Å². The molecule has 84 valence electrons. The molecule has 0 radical (unpaired) electrons. The summed E-state index contributed by atoms with van der Waals surface area (Å²) in [7, 11) is 0. The molecule has 0 bridgehead atoms. The fourth-order valence-electron chi connectivity index (χ4n) is 1.06. The average Bonchev–Trinajstić information content (AvgIpc) is 2.58. The average molecular weight is 212 g/mol. The van der Waals surface area contributed by atoms with Gasteiger partial charge < -0.3 is 15.6 Å². The minimum atomic E-state index is -0.295. The highest BCUT2D eigenvalue weighted by molar-refractivity contribution is 5.76. The number of aromatic nitrogens is 2. The second kappa shape index (κ2) is 5.45. The van der Waals surface area contributed by atoms with E-state index in [1.165, 1.54) is 0 Å². The van der Waals surface area contributed by atoms with Crippen LogP contribution in [-0.2, 0) is 11.2 Å². The molecule has 1 aromatic heterocycles. The summed E-state index contributed by atoms with van der Waals surface area (Å²) < 4.78 is 4.93. The number of hydrogen-bond donors (Lipinski definition) is 2. The molecule has 6 heteroatoms. The molecular weight excluding hydrogens is 196 g/mol. The number of hydrogen-bond acceptors (Lipinski definition) is 5. The molecular formula is C9H16N4O2. The predicted molar refractivity (Wildman–Crippen MR) is 54.0 cm³/mol. The summed E-state index contributed by atoms with van der Waals surface area (Å²) in [6.07, 6.45) is 0.659. The van der Waals surface area contributed by atoms with Gasteiger partial charge in [-0.15, -0.1) is 0 Å². The molecule has 1 amide bonds. The standard InChI is InChI=1S/C9H16N4O2/c1-6(9(10)14)5-11-4-3-8-12-7(2)13-15-8/h6,11H,3-5H2,1-2H3,(H2,10,14). The van der Waals surface area contributed by atoms with Crippen LogP contribution in [0.2, 0.25) is 0 Å². The molecule has 0 saturated heterocycles. The number of carbonyl (C=O) groups excluding carboxylic acids is 1. The van der Waals surface area contributed by atoms with Gasteiger partial charge in [0.25, 0.3) is 0 Å². The molecule has 3 N–H and O–H groups in total. The van der Waals surface area contributed by atoms with Crippen LogP contribution < -0.4 is 11.1 Å². The van der Waals surface area contributed by atoms with E-state index in [-0.39, 0.29) is 11.8 Å². The van der Waals surface area contributed by atoms with Gasteiger partial charge in [0, 0.05) is 25.4 Å². The third-order valence-corrected chi connectivity index (χ3v) is 2.02. The first-order chi connectivity index (χ1) is 7.09. The summed E-state index contributed by atoms with van der Waals surface area (Å²) in [6, 6.07) is 0. The lowest BCUT2D eigenvalue weighted by Gasteiger charge is -2.07. The fraction of sp³-hybridized carbons (Fsp3) is 0.667.